The van der Waals surface area contributed by atoms with Crippen LogP contribution < -0.4 is 0 Å². The Balaban J connectivity index is 1.51. The third kappa shape index (κ3) is 11.5. The average Bonchev–Trinajstić information content (AvgIpc) is 3.44. The Bertz CT molecular complexity index is 865. The second kappa shape index (κ2) is 15.1. The van der Waals surface area contributed by atoms with Gasteiger partial charge >= 0.3 is 13.4 Å². The van der Waals surface area contributed by atoms with Crippen molar-refractivity contribution in [3.05, 3.63) is 0 Å². The van der Waals surface area contributed by atoms with E-state index in [1.807, 2.05) is 34.6 Å². The molecule has 0 saturated carbocycles. The molecule has 11 atom stereocenters. The van der Waals surface area contributed by atoms with Crippen molar-refractivity contribution >= 4 is 37.1 Å². The van der Waals surface area contributed by atoms with Gasteiger partial charge < -0.3 is 46.8 Å². The Morgan fingerprint density at radius 1 is 0.718 bits per heavy atom. The minimum atomic E-state index is -3.62. The molecule has 3 aliphatic heterocycles. The lowest BCUT2D eigenvalue weighted by molar-refractivity contribution is -0.0627. The summed E-state index contributed by atoms with van der Waals surface area (Å²) in [4.78, 5) is 21.7. The SMILES string of the molecule is CC(C)CC[C@H]1O[C@@H](C)C[C@H]1OP(O)(=S)OC[C@H]1O[C@@H](C)C[C@H]1OP(O)(=S)OC[C@H]1O[C@@H](C)C[C@H]1OC(C)C. The van der Waals surface area contributed by atoms with Crippen LogP contribution in [-0.4, -0.2) is 84.0 Å². The molecule has 10 nitrogen and oxygen atoms in total. The lowest BCUT2D eigenvalue weighted by atomic mass is 10.0. The number of hydrogen-bond acceptors (Lipinski definition) is 10. The van der Waals surface area contributed by atoms with Crippen LogP contribution in [0.3, 0.4) is 0 Å². The molecule has 3 aliphatic rings. The van der Waals surface area contributed by atoms with Crippen LogP contribution >= 0.6 is 13.4 Å². The van der Waals surface area contributed by atoms with Crippen LogP contribution in [0.2, 0.25) is 0 Å². The van der Waals surface area contributed by atoms with Crippen molar-refractivity contribution in [2.75, 3.05) is 13.2 Å². The third-order valence-electron chi connectivity index (χ3n) is 6.97. The summed E-state index contributed by atoms with van der Waals surface area (Å²) in [6.07, 6.45) is 1.48. The van der Waals surface area contributed by atoms with E-state index in [9.17, 15) is 9.79 Å². The van der Waals surface area contributed by atoms with Crippen LogP contribution in [0, 0.1) is 5.92 Å². The molecule has 3 fully saturated rings. The quantitative estimate of drug-likeness (QED) is 0.237. The number of rotatable bonds is 15. The van der Waals surface area contributed by atoms with E-state index < -0.39 is 25.6 Å². The molecule has 2 N–H and O–H groups in total. The molecule has 0 aliphatic carbocycles. The smallest absolute Gasteiger partial charge is 0.324 e. The Hall–Kier alpha value is 0.900. The largest absolute Gasteiger partial charge is 0.373 e. The summed E-state index contributed by atoms with van der Waals surface area (Å²) in [6.45, 7) is 6.90. The van der Waals surface area contributed by atoms with Gasteiger partial charge in [0, 0.05) is 19.3 Å². The summed E-state index contributed by atoms with van der Waals surface area (Å²) in [5, 5.41) is 0. The topological polar surface area (TPSA) is 114 Å². The maximum Gasteiger partial charge on any atom is 0.324 e. The minimum absolute atomic E-state index is 0.0256. The van der Waals surface area contributed by atoms with E-state index in [2.05, 4.69) is 13.8 Å². The molecule has 0 aromatic rings. The second-order valence-electron chi connectivity index (χ2n) is 11.7. The van der Waals surface area contributed by atoms with Crippen LogP contribution in [-0.2, 0) is 60.7 Å². The first-order chi connectivity index (χ1) is 18.1. The molecule has 0 spiro atoms. The molecule has 39 heavy (non-hydrogen) atoms. The zero-order valence-corrected chi connectivity index (χ0v) is 27.6. The molecule has 0 amide bonds. The Labute approximate surface area is 244 Å². The van der Waals surface area contributed by atoms with E-state index in [0.717, 1.165) is 19.3 Å². The maximum atomic E-state index is 10.8. The fourth-order valence-corrected chi connectivity index (χ4v) is 8.21. The van der Waals surface area contributed by atoms with Gasteiger partial charge in [-0.25, -0.2) is 0 Å². The zero-order chi connectivity index (χ0) is 29.0. The standard InChI is InChI=1S/C25H48O10P2S2/c1-15(2)8-9-20-22(11-18(6)31-20)34-36(26,38)29-14-25-23(12-19(7)33-25)35-37(27,39)28-13-24-21(30-16(3)4)10-17(5)32-24/h15-25H,8-14H2,1-7H3,(H,26,38)(H,27,39)/t17-,18-,19-,20+,21+,22+,23+,24+,25+,36?,37?/m0/s1. The molecule has 0 aromatic carbocycles. The molecule has 14 heteroatoms. The maximum absolute atomic E-state index is 10.8. The highest BCUT2D eigenvalue weighted by atomic mass is 32.5. The summed E-state index contributed by atoms with van der Waals surface area (Å²) >= 11 is 10.6. The molecule has 2 unspecified atom stereocenters. The predicted molar refractivity (Wildman–Crippen MR) is 156 cm³/mol. The highest BCUT2D eigenvalue weighted by Gasteiger charge is 2.42. The van der Waals surface area contributed by atoms with Gasteiger partial charge in [-0.2, -0.15) is 0 Å². The van der Waals surface area contributed by atoms with Gasteiger partial charge in [-0.15, -0.1) is 0 Å². The summed E-state index contributed by atoms with van der Waals surface area (Å²) in [5.41, 5.74) is 0. The van der Waals surface area contributed by atoms with Crippen LogP contribution in [0.15, 0.2) is 0 Å². The van der Waals surface area contributed by atoms with Crippen LogP contribution in [0.1, 0.15) is 80.6 Å². The highest BCUT2D eigenvalue weighted by molar-refractivity contribution is 8.07. The highest BCUT2D eigenvalue weighted by Crippen LogP contribution is 2.51. The summed E-state index contributed by atoms with van der Waals surface area (Å²) in [7, 11) is 0. The average molecular weight is 635 g/mol. The fourth-order valence-electron chi connectivity index (χ4n) is 5.26. The summed E-state index contributed by atoms with van der Waals surface area (Å²) < 4.78 is 46.9. The van der Waals surface area contributed by atoms with Gasteiger partial charge in [0.15, 0.2) is 0 Å². The second-order valence-corrected chi connectivity index (χ2v) is 17.3. The first-order valence-electron chi connectivity index (χ1n) is 14.1. The molecule has 3 heterocycles. The van der Waals surface area contributed by atoms with E-state index in [0.29, 0.717) is 18.8 Å². The van der Waals surface area contributed by atoms with Crippen LogP contribution in [0.25, 0.3) is 0 Å². The van der Waals surface area contributed by atoms with Crippen molar-refractivity contribution in [2.45, 2.75) is 142 Å². The van der Waals surface area contributed by atoms with Crippen molar-refractivity contribution in [3.63, 3.8) is 0 Å². The molecule has 0 aromatic heterocycles. The number of ether oxygens (including phenoxy) is 4. The molecule has 0 radical (unpaired) electrons. The Kier molecular flexibility index (Phi) is 13.3. The van der Waals surface area contributed by atoms with Crippen molar-refractivity contribution in [2.24, 2.45) is 5.92 Å². The van der Waals surface area contributed by atoms with Gasteiger partial charge in [-0.3, -0.25) is 0 Å². The molecule has 3 saturated heterocycles. The van der Waals surface area contributed by atoms with Gasteiger partial charge in [0.2, 0.25) is 0 Å². The zero-order valence-electron chi connectivity index (χ0n) is 24.2. The Morgan fingerprint density at radius 3 is 1.59 bits per heavy atom. The molecule has 3 rings (SSSR count). The summed E-state index contributed by atoms with van der Waals surface area (Å²) in [6, 6.07) is 0. The lowest BCUT2D eigenvalue weighted by Gasteiger charge is -2.28. The molecule has 230 valence electrons. The normalized spacial score (nSPS) is 38.5. The van der Waals surface area contributed by atoms with Crippen LogP contribution in [0.4, 0.5) is 0 Å². The van der Waals surface area contributed by atoms with Crippen molar-refractivity contribution in [1.82, 2.24) is 0 Å². The monoisotopic (exact) mass is 634 g/mol. The van der Waals surface area contributed by atoms with E-state index in [1.165, 1.54) is 0 Å². The number of hydrogen-bond donors (Lipinski definition) is 2. The molecule has 0 bridgehead atoms. The van der Waals surface area contributed by atoms with E-state index >= 15 is 0 Å². The van der Waals surface area contributed by atoms with Gasteiger partial charge in [-0.05, 0) is 77.0 Å². The van der Waals surface area contributed by atoms with Gasteiger partial charge in [-0.1, -0.05) is 13.8 Å². The summed E-state index contributed by atoms with van der Waals surface area (Å²) in [5.74, 6) is 0.538. The van der Waals surface area contributed by atoms with Crippen molar-refractivity contribution in [3.8, 4) is 0 Å². The van der Waals surface area contributed by atoms with E-state index in [4.69, 9.17) is 60.7 Å². The van der Waals surface area contributed by atoms with E-state index in [-0.39, 0.29) is 62.0 Å². The first-order valence-corrected chi connectivity index (χ1v) is 19.2. The molecular formula is C25H48O10P2S2. The lowest BCUT2D eigenvalue weighted by Crippen LogP contribution is -2.32. The Morgan fingerprint density at radius 2 is 1.13 bits per heavy atom. The molecular weight excluding hydrogens is 586 g/mol. The fraction of sp³-hybridized carbons (Fsp3) is 1.00. The predicted octanol–water partition coefficient (Wildman–Crippen LogP) is 4.99. The van der Waals surface area contributed by atoms with Crippen molar-refractivity contribution in [1.29, 1.82) is 0 Å². The first kappa shape index (κ1) is 34.4. The van der Waals surface area contributed by atoms with Gasteiger partial charge in [0.1, 0.15) is 12.2 Å². The minimum Gasteiger partial charge on any atom is -0.373 e. The van der Waals surface area contributed by atoms with Gasteiger partial charge in [0.25, 0.3) is 0 Å². The van der Waals surface area contributed by atoms with Gasteiger partial charge in [0.05, 0.1) is 62.0 Å². The van der Waals surface area contributed by atoms with Crippen molar-refractivity contribution < 1.29 is 46.8 Å². The van der Waals surface area contributed by atoms with Crippen LogP contribution in [0.5, 0.6) is 0 Å². The van der Waals surface area contributed by atoms with E-state index in [1.54, 1.807) is 0 Å². The third-order valence-corrected chi connectivity index (χ3v) is 10.1.